The van der Waals surface area contributed by atoms with Crippen molar-refractivity contribution in [2.45, 2.75) is 231 Å². The average Bonchev–Trinajstić information content (AvgIpc) is 3.13. The average molecular weight is 710 g/mol. The van der Waals surface area contributed by atoms with Crippen LogP contribution in [0.3, 0.4) is 0 Å². The topological polar surface area (TPSA) is 32.7 Å². The number of hydrogen-bond acceptors (Lipinski definition) is 3. The van der Waals surface area contributed by atoms with Gasteiger partial charge in [-0.15, -0.1) is 0 Å². The normalized spacial score (nSPS) is 18.7. The Hall–Kier alpha value is -1.16. The van der Waals surface area contributed by atoms with Gasteiger partial charge in [-0.05, 0) is 115 Å². The number of ether oxygens (including phenoxy) is 1. The van der Waals surface area contributed by atoms with Crippen LogP contribution in [0.2, 0.25) is 0 Å². The SMILES string of the molecule is CCCCC/C=C\C/C=C\CCCCCCCCC1(CCCCCCCC/C=C\C/C=C\CCCCC)CCC(O)(OC2CCN(C)CC2)CC1. The Kier molecular flexibility index (Phi) is 28.2. The van der Waals surface area contributed by atoms with Crippen LogP contribution in [0, 0.1) is 5.41 Å². The third-order valence-corrected chi connectivity index (χ3v) is 12.0. The van der Waals surface area contributed by atoms with E-state index in [9.17, 15) is 5.11 Å². The van der Waals surface area contributed by atoms with Crippen LogP contribution in [0.25, 0.3) is 0 Å². The van der Waals surface area contributed by atoms with E-state index < -0.39 is 5.79 Å². The summed E-state index contributed by atoms with van der Waals surface area (Å²) >= 11 is 0. The third kappa shape index (κ3) is 24.7. The molecule has 0 aromatic rings. The van der Waals surface area contributed by atoms with E-state index in [0.717, 1.165) is 64.5 Å². The predicted octanol–water partition coefficient (Wildman–Crippen LogP) is 14.8. The fraction of sp³-hybridized carbons (Fsp3) is 0.833. The van der Waals surface area contributed by atoms with Crippen LogP contribution in [0.5, 0.6) is 0 Å². The van der Waals surface area contributed by atoms with Gasteiger partial charge in [-0.25, -0.2) is 0 Å². The number of piperidine rings is 1. The highest BCUT2D eigenvalue weighted by Crippen LogP contribution is 2.48. The molecule has 1 N–H and O–H groups in total. The molecule has 2 fully saturated rings. The molecule has 0 bridgehead atoms. The summed E-state index contributed by atoms with van der Waals surface area (Å²) in [5.41, 5.74) is 0.423. The highest BCUT2D eigenvalue weighted by molar-refractivity contribution is 4.94. The van der Waals surface area contributed by atoms with Gasteiger partial charge in [0.15, 0.2) is 5.79 Å². The van der Waals surface area contributed by atoms with Crippen molar-refractivity contribution in [1.29, 1.82) is 0 Å². The largest absolute Gasteiger partial charge is 0.365 e. The molecule has 0 amide bonds. The van der Waals surface area contributed by atoms with E-state index >= 15 is 0 Å². The first-order valence-corrected chi connectivity index (χ1v) is 22.7. The lowest BCUT2D eigenvalue weighted by atomic mass is 9.66. The first kappa shape index (κ1) is 46.0. The van der Waals surface area contributed by atoms with Gasteiger partial charge in [0.1, 0.15) is 0 Å². The number of hydrogen-bond donors (Lipinski definition) is 1. The van der Waals surface area contributed by atoms with Crippen LogP contribution in [0.4, 0.5) is 0 Å². The van der Waals surface area contributed by atoms with Crippen molar-refractivity contribution in [1.82, 2.24) is 4.90 Å². The Morgan fingerprint density at radius 1 is 0.510 bits per heavy atom. The highest BCUT2D eigenvalue weighted by Gasteiger charge is 2.43. The Bertz CT molecular complexity index is 837. The molecule has 0 aromatic heterocycles. The van der Waals surface area contributed by atoms with Gasteiger partial charge in [-0.2, -0.15) is 0 Å². The van der Waals surface area contributed by atoms with Crippen LogP contribution in [0.1, 0.15) is 219 Å². The first-order valence-electron chi connectivity index (χ1n) is 22.7. The van der Waals surface area contributed by atoms with Crippen molar-refractivity contribution in [3.63, 3.8) is 0 Å². The van der Waals surface area contributed by atoms with Crippen molar-refractivity contribution in [3.05, 3.63) is 48.6 Å². The quantitative estimate of drug-likeness (QED) is 0.0429. The second-order valence-electron chi connectivity index (χ2n) is 16.7. The molecule has 1 aliphatic heterocycles. The molecule has 1 saturated heterocycles. The third-order valence-electron chi connectivity index (χ3n) is 12.0. The molecule has 3 heteroatoms. The molecular formula is C48H87NO2. The second-order valence-corrected chi connectivity index (χ2v) is 16.7. The zero-order chi connectivity index (χ0) is 36.6. The van der Waals surface area contributed by atoms with Crippen molar-refractivity contribution in [2.24, 2.45) is 5.41 Å². The summed E-state index contributed by atoms with van der Waals surface area (Å²) in [5, 5.41) is 11.5. The Labute approximate surface area is 319 Å². The summed E-state index contributed by atoms with van der Waals surface area (Å²) < 4.78 is 6.44. The molecule has 296 valence electrons. The summed E-state index contributed by atoms with van der Waals surface area (Å²) in [7, 11) is 2.20. The maximum atomic E-state index is 11.5. The number of likely N-dealkylation sites (tertiary alicyclic amines) is 1. The number of rotatable bonds is 32. The number of aliphatic hydroxyl groups is 1. The van der Waals surface area contributed by atoms with Gasteiger partial charge in [0.05, 0.1) is 6.10 Å². The van der Waals surface area contributed by atoms with Crippen LogP contribution in [-0.2, 0) is 4.74 Å². The molecule has 2 aliphatic rings. The molecule has 1 heterocycles. The first-order chi connectivity index (χ1) is 25.0. The van der Waals surface area contributed by atoms with E-state index in [1.54, 1.807) is 0 Å². The van der Waals surface area contributed by atoms with E-state index in [-0.39, 0.29) is 6.10 Å². The smallest absolute Gasteiger partial charge is 0.165 e. The monoisotopic (exact) mass is 710 g/mol. The van der Waals surface area contributed by atoms with Gasteiger partial charge >= 0.3 is 0 Å². The second kappa shape index (κ2) is 31.2. The van der Waals surface area contributed by atoms with Crippen molar-refractivity contribution in [2.75, 3.05) is 20.1 Å². The van der Waals surface area contributed by atoms with Crippen molar-refractivity contribution in [3.8, 4) is 0 Å². The highest BCUT2D eigenvalue weighted by atomic mass is 16.6. The van der Waals surface area contributed by atoms with Crippen molar-refractivity contribution < 1.29 is 9.84 Å². The fourth-order valence-corrected chi connectivity index (χ4v) is 8.30. The van der Waals surface area contributed by atoms with Gasteiger partial charge in [0.25, 0.3) is 0 Å². The minimum atomic E-state index is -0.886. The molecular weight excluding hydrogens is 623 g/mol. The summed E-state index contributed by atoms with van der Waals surface area (Å²) in [6.07, 6.45) is 59.6. The van der Waals surface area contributed by atoms with E-state index in [1.807, 2.05) is 0 Å². The molecule has 3 nitrogen and oxygen atoms in total. The van der Waals surface area contributed by atoms with Gasteiger partial charge < -0.3 is 14.7 Å². The van der Waals surface area contributed by atoms with Gasteiger partial charge in [0, 0.05) is 25.9 Å². The number of nitrogens with zero attached hydrogens (tertiary/aromatic N) is 1. The molecule has 0 radical (unpaired) electrons. The summed E-state index contributed by atoms with van der Waals surface area (Å²) in [6.45, 7) is 6.72. The Morgan fingerprint density at radius 3 is 1.29 bits per heavy atom. The van der Waals surface area contributed by atoms with Crippen LogP contribution < -0.4 is 0 Å². The molecule has 0 unspecified atom stereocenters. The van der Waals surface area contributed by atoms with Gasteiger partial charge in [-0.1, -0.05) is 152 Å². The summed E-state index contributed by atoms with van der Waals surface area (Å²) in [6, 6.07) is 0. The van der Waals surface area contributed by atoms with Crippen LogP contribution in [0.15, 0.2) is 48.6 Å². The van der Waals surface area contributed by atoms with E-state index in [2.05, 4.69) is 74.4 Å². The van der Waals surface area contributed by atoms with E-state index in [4.69, 9.17) is 4.74 Å². The van der Waals surface area contributed by atoms with E-state index in [1.165, 1.54) is 154 Å². The van der Waals surface area contributed by atoms with Crippen LogP contribution >= 0.6 is 0 Å². The molecule has 51 heavy (non-hydrogen) atoms. The summed E-state index contributed by atoms with van der Waals surface area (Å²) in [5.74, 6) is -0.886. The van der Waals surface area contributed by atoms with Gasteiger partial charge in [-0.3, -0.25) is 0 Å². The number of allylic oxidation sites excluding steroid dienone is 8. The lowest BCUT2D eigenvalue weighted by Gasteiger charge is -2.46. The molecule has 0 aromatic carbocycles. The maximum Gasteiger partial charge on any atom is 0.165 e. The standard InChI is InChI=1S/C48H87NO2/c1-4-6-8-10-12-14-16-18-20-22-24-26-28-30-32-34-38-47(40-42-48(50,43-41-47)51-46-36-44-49(3)45-37-46)39-35-33-31-29-27-25-23-21-19-17-15-13-11-9-7-5-2/h12-15,18-21,46,50H,4-11,16-17,22-45H2,1-3H3/b14-12-,15-13-,20-18-,21-19-. The zero-order valence-electron chi connectivity index (χ0n) is 34.5. The van der Waals surface area contributed by atoms with E-state index in [0.29, 0.717) is 5.41 Å². The zero-order valence-corrected chi connectivity index (χ0v) is 34.5. The maximum absolute atomic E-state index is 11.5. The Balaban J connectivity index is 1.63. The molecule has 2 rings (SSSR count). The minimum absolute atomic E-state index is 0.235. The molecule has 0 atom stereocenters. The summed E-state index contributed by atoms with van der Waals surface area (Å²) in [4.78, 5) is 2.38. The molecule has 1 aliphatic carbocycles. The van der Waals surface area contributed by atoms with Crippen LogP contribution in [-0.4, -0.2) is 42.0 Å². The van der Waals surface area contributed by atoms with Gasteiger partial charge in [0.2, 0.25) is 0 Å². The number of unbranched alkanes of at least 4 members (excludes halogenated alkanes) is 18. The fourth-order valence-electron chi connectivity index (χ4n) is 8.30. The predicted molar refractivity (Wildman–Crippen MR) is 225 cm³/mol. The minimum Gasteiger partial charge on any atom is -0.365 e. The molecule has 1 saturated carbocycles. The lowest BCUT2D eigenvalue weighted by molar-refractivity contribution is -0.260. The Morgan fingerprint density at radius 2 is 0.882 bits per heavy atom. The van der Waals surface area contributed by atoms with Crippen molar-refractivity contribution >= 4 is 0 Å². The molecule has 0 spiro atoms. The lowest BCUT2D eigenvalue weighted by Crippen LogP contribution is -2.46.